The molecule has 2 amide bonds. The molecule has 0 bridgehead atoms. The van der Waals surface area contributed by atoms with Crippen LogP contribution in [0.15, 0.2) is 18.2 Å². The monoisotopic (exact) mass is 390 g/mol. The Morgan fingerprint density at radius 2 is 1.88 bits per heavy atom. The number of benzene rings is 1. The summed E-state index contributed by atoms with van der Waals surface area (Å²) in [5, 5.41) is 6.08. The van der Waals surface area contributed by atoms with Gasteiger partial charge in [-0.05, 0) is 37.5 Å². The highest BCUT2D eigenvalue weighted by atomic mass is 35.5. The highest BCUT2D eigenvalue weighted by Gasteiger charge is 2.57. The predicted molar refractivity (Wildman–Crippen MR) is 92.0 cm³/mol. The molecule has 1 saturated carbocycles. The summed E-state index contributed by atoms with van der Waals surface area (Å²) in [7, 11) is -3.09. The van der Waals surface area contributed by atoms with Crippen molar-refractivity contribution in [2.75, 3.05) is 16.8 Å². The Kier molecular flexibility index (Phi) is 4.53. The lowest BCUT2D eigenvalue weighted by molar-refractivity contribution is -0.134. The molecule has 1 aliphatic carbocycles. The maximum atomic E-state index is 12.5. The highest BCUT2D eigenvalue weighted by Crippen LogP contribution is 2.47. The second-order valence-corrected chi connectivity index (χ2v) is 9.31. The molecule has 1 atom stereocenters. The highest BCUT2D eigenvalue weighted by molar-refractivity contribution is 7.91. The van der Waals surface area contributed by atoms with Gasteiger partial charge in [0.05, 0.1) is 22.2 Å². The Morgan fingerprint density at radius 1 is 1.17 bits per heavy atom. The van der Waals surface area contributed by atoms with Crippen LogP contribution >= 0.6 is 23.2 Å². The van der Waals surface area contributed by atoms with E-state index in [9.17, 15) is 18.0 Å². The molecule has 2 aliphatic rings. The number of hydrogen-bond acceptors (Lipinski definition) is 4. The molecule has 2 N–H and O–H groups in total. The van der Waals surface area contributed by atoms with Gasteiger partial charge >= 0.3 is 0 Å². The van der Waals surface area contributed by atoms with Gasteiger partial charge in [-0.1, -0.05) is 23.2 Å². The topological polar surface area (TPSA) is 92.3 Å². The maximum Gasteiger partial charge on any atom is 0.240 e. The molecule has 1 heterocycles. The van der Waals surface area contributed by atoms with E-state index in [1.807, 2.05) is 0 Å². The minimum absolute atomic E-state index is 0.0670. The zero-order valence-electron chi connectivity index (χ0n) is 12.6. The average molecular weight is 391 g/mol. The Morgan fingerprint density at radius 3 is 2.42 bits per heavy atom. The van der Waals surface area contributed by atoms with E-state index >= 15 is 0 Å². The number of amides is 2. The van der Waals surface area contributed by atoms with Gasteiger partial charge in [0.1, 0.15) is 5.41 Å². The standard InChI is InChI=1S/C15H16Cl2N2O4S/c16-9-1-2-12(11(17)7-9)19-14(21)15(4-5-15)13(20)18-10-3-6-24(22,23)8-10/h1-2,7,10H,3-6,8H2,(H,18,20)(H,19,21). The first-order valence-corrected chi connectivity index (χ1v) is 10.1. The number of hydrogen-bond donors (Lipinski definition) is 2. The van der Waals surface area contributed by atoms with Crippen molar-refractivity contribution in [2.45, 2.75) is 25.3 Å². The van der Waals surface area contributed by atoms with Crippen LogP contribution in [0.25, 0.3) is 0 Å². The Balaban J connectivity index is 1.66. The second-order valence-electron chi connectivity index (χ2n) is 6.23. The van der Waals surface area contributed by atoms with Crippen LogP contribution in [0.4, 0.5) is 5.69 Å². The minimum Gasteiger partial charge on any atom is -0.351 e. The van der Waals surface area contributed by atoms with E-state index in [0.29, 0.717) is 30.0 Å². The second kappa shape index (κ2) is 6.20. The molecule has 0 spiro atoms. The molecule has 1 aromatic rings. The molecule has 1 aliphatic heterocycles. The normalized spacial score (nSPS) is 23.5. The molecule has 9 heteroatoms. The van der Waals surface area contributed by atoms with Crippen molar-refractivity contribution < 1.29 is 18.0 Å². The lowest BCUT2D eigenvalue weighted by Gasteiger charge is -2.18. The zero-order valence-corrected chi connectivity index (χ0v) is 15.0. The van der Waals surface area contributed by atoms with E-state index in [-0.39, 0.29) is 16.5 Å². The molecule has 3 rings (SSSR count). The number of nitrogens with one attached hydrogen (secondary N) is 2. The molecule has 130 valence electrons. The molecule has 1 unspecified atom stereocenters. The summed E-state index contributed by atoms with van der Waals surface area (Å²) in [4.78, 5) is 24.9. The molecule has 6 nitrogen and oxygen atoms in total. The van der Waals surface area contributed by atoms with Crippen molar-refractivity contribution in [3.63, 3.8) is 0 Å². The zero-order chi connectivity index (χ0) is 17.5. The van der Waals surface area contributed by atoms with Crippen molar-refractivity contribution in [3.05, 3.63) is 28.2 Å². The number of sulfone groups is 1. The van der Waals surface area contributed by atoms with Gasteiger partial charge in [0.15, 0.2) is 9.84 Å². The fraction of sp³-hybridized carbons (Fsp3) is 0.467. The van der Waals surface area contributed by atoms with Crippen LogP contribution in [0.1, 0.15) is 19.3 Å². The van der Waals surface area contributed by atoms with E-state index in [4.69, 9.17) is 23.2 Å². The molecule has 24 heavy (non-hydrogen) atoms. The molecule has 0 aromatic heterocycles. The summed E-state index contributed by atoms with van der Waals surface area (Å²) in [5.41, 5.74) is -0.761. The smallest absolute Gasteiger partial charge is 0.240 e. The molecular weight excluding hydrogens is 375 g/mol. The number of carbonyl (C=O) groups is 2. The summed E-state index contributed by atoms with van der Waals surface area (Å²) in [6, 6.07) is 4.24. The van der Waals surface area contributed by atoms with Gasteiger partial charge in [-0.25, -0.2) is 8.42 Å². The van der Waals surface area contributed by atoms with Crippen LogP contribution in [-0.2, 0) is 19.4 Å². The lowest BCUT2D eigenvalue weighted by atomic mass is 10.0. The lowest BCUT2D eigenvalue weighted by Crippen LogP contribution is -2.45. The molecule has 0 radical (unpaired) electrons. The molecular formula is C15H16Cl2N2O4S. The van der Waals surface area contributed by atoms with Crippen LogP contribution in [0, 0.1) is 5.41 Å². The summed E-state index contributed by atoms with van der Waals surface area (Å²) in [5.74, 6) is -0.867. The summed E-state index contributed by atoms with van der Waals surface area (Å²) in [6.45, 7) is 0. The first-order valence-electron chi connectivity index (χ1n) is 7.50. The third kappa shape index (κ3) is 3.53. The molecule has 1 saturated heterocycles. The van der Waals surface area contributed by atoms with Gasteiger partial charge in [0.2, 0.25) is 11.8 Å². The van der Waals surface area contributed by atoms with Gasteiger partial charge in [-0.3, -0.25) is 9.59 Å². The third-order valence-electron chi connectivity index (χ3n) is 4.37. The maximum absolute atomic E-state index is 12.5. The largest absolute Gasteiger partial charge is 0.351 e. The van der Waals surface area contributed by atoms with Gasteiger partial charge in [-0.15, -0.1) is 0 Å². The predicted octanol–water partition coefficient (Wildman–Crippen LogP) is 2.02. The Labute approximate surface area is 149 Å². The van der Waals surface area contributed by atoms with Crippen LogP contribution in [-0.4, -0.2) is 37.8 Å². The van der Waals surface area contributed by atoms with Crippen LogP contribution < -0.4 is 10.6 Å². The van der Waals surface area contributed by atoms with E-state index in [1.54, 1.807) is 12.1 Å². The van der Waals surface area contributed by atoms with Gasteiger partial charge in [0, 0.05) is 11.1 Å². The summed E-state index contributed by atoms with van der Waals surface area (Å²) < 4.78 is 22.9. The minimum atomic E-state index is -3.09. The van der Waals surface area contributed by atoms with Gasteiger partial charge in [-0.2, -0.15) is 0 Å². The molecule has 2 fully saturated rings. The van der Waals surface area contributed by atoms with Crippen LogP contribution in [0.3, 0.4) is 0 Å². The average Bonchev–Trinajstić information content (AvgIpc) is 3.23. The van der Waals surface area contributed by atoms with E-state index in [1.165, 1.54) is 6.07 Å². The fourth-order valence-corrected chi connectivity index (χ4v) is 4.88. The SMILES string of the molecule is O=C(Nc1ccc(Cl)cc1Cl)C1(C(=O)NC2CCS(=O)(=O)C2)CC1. The Hall–Kier alpha value is -1.31. The first kappa shape index (κ1) is 17.5. The van der Waals surface area contributed by atoms with Crippen LogP contribution in [0.2, 0.25) is 10.0 Å². The van der Waals surface area contributed by atoms with Crippen molar-refractivity contribution in [1.82, 2.24) is 5.32 Å². The quantitative estimate of drug-likeness (QED) is 0.769. The van der Waals surface area contributed by atoms with Crippen LogP contribution in [0.5, 0.6) is 0 Å². The fourth-order valence-electron chi connectivity index (χ4n) is 2.75. The van der Waals surface area contributed by atoms with Crippen molar-refractivity contribution in [1.29, 1.82) is 0 Å². The number of anilines is 1. The van der Waals surface area contributed by atoms with E-state index < -0.39 is 33.1 Å². The number of rotatable bonds is 4. The Bertz CT molecular complexity index is 806. The first-order chi connectivity index (χ1) is 11.2. The molecule has 1 aromatic carbocycles. The third-order valence-corrected chi connectivity index (χ3v) is 6.68. The van der Waals surface area contributed by atoms with E-state index in [0.717, 1.165) is 0 Å². The summed E-state index contributed by atoms with van der Waals surface area (Å²) >= 11 is 11.8. The van der Waals surface area contributed by atoms with Gasteiger partial charge in [0.25, 0.3) is 0 Å². The number of carbonyl (C=O) groups excluding carboxylic acids is 2. The van der Waals surface area contributed by atoms with Crippen molar-refractivity contribution in [2.24, 2.45) is 5.41 Å². The summed E-state index contributed by atoms with van der Waals surface area (Å²) in [6.07, 6.45) is 1.24. The van der Waals surface area contributed by atoms with Gasteiger partial charge < -0.3 is 10.6 Å². The van der Waals surface area contributed by atoms with Crippen molar-refractivity contribution in [3.8, 4) is 0 Å². The number of halogens is 2. The van der Waals surface area contributed by atoms with Crippen molar-refractivity contribution >= 4 is 50.5 Å². The van der Waals surface area contributed by atoms with E-state index in [2.05, 4.69) is 10.6 Å².